The van der Waals surface area contributed by atoms with Crippen LogP contribution in [-0.2, 0) is 14.6 Å². The summed E-state index contributed by atoms with van der Waals surface area (Å²) in [6.07, 6.45) is 0.304. The van der Waals surface area contributed by atoms with Gasteiger partial charge in [-0.05, 0) is 49.2 Å². The van der Waals surface area contributed by atoms with Gasteiger partial charge < -0.3 is 5.32 Å². The number of carbonyl (C=O) groups excluding carboxylic acids is 1. The van der Waals surface area contributed by atoms with E-state index in [0.717, 1.165) is 21.6 Å². The molecule has 1 unspecified atom stereocenters. The molecule has 7 heteroatoms. The predicted molar refractivity (Wildman–Crippen MR) is 112 cm³/mol. The van der Waals surface area contributed by atoms with Crippen molar-refractivity contribution in [3.63, 3.8) is 0 Å². The molecule has 1 atom stereocenters. The number of benzene rings is 2. The molecule has 3 aromatic rings. The van der Waals surface area contributed by atoms with Gasteiger partial charge >= 0.3 is 0 Å². The lowest BCUT2D eigenvalue weighted by molar-refractivity contribution is -0.116. The summed E-state index contributed by atoms with van der Waals surface area (Å²) in [6, 6.07) is 12.2. The summed E-state index contributed by atoms with van der Waals surface area (Å²) in [4.78, 5) is 13.6. The molecule has 4 rings (SSSR count). The number of amides is 1. The van der Waals surface area contributed by atoms with Crippen LogP contribution in [0, 0.1) is 13.8 Å². The smallest absolute Gasteiger partial charge is 0.225 e. The summed E-state index contributed by atoms with van der Waals surface area (Å²) in [5.74, 6) is -0.327. The van der Waals surface area contributed by atoms with Gasteiger partial charge in [0, 0.05) is 27.6 Å². The highest BCUT2D eigenvalue weighted by atomic mass is 35.5. The zero-order valence-electron chi connectivity index (χ0n) is 15.3. The van der Waals surface area contributed by atoms with Crippen LogP contribution in [0.4, 0.5) is 5.69 Å². The second-order valence-electron chi connectivity index (χ2n) is 6.96. The monoisotopic (exact) mass is 431 g/mol. The minimum absolute atomic E-state index is 0.137. The minimum atomic E-state index is -3.76. The number of hydrogen-bond donors (Lipinski definition) is 1. The zero-order chi connectivity index (χ0) is 20.1. The van der Waals surface area contributed by atoms with E-state index in [4.69, 9.17) is 11.6 Å². The fraction of sp³-hybridized carbons (Fsp3) is 0.190. The fourth-order valence-electron chi connectivity index (χ4n) is 3.53. The Morgan fingerprint density at radius 2 is 1.82 bits per heavy atom. The maximum atomic E-state index is 13.2. The topological polar surface area (TPSA) is 63.2 Å². The van der Waals surface area contributed by atoms with Crippen LogP contribution in [-0.4, -0.2) is 14.3 Å². The van der Waals surface area contributed by atoms with E-state index >= 15 is 0 Å². The van der Waals surface area contributed by atoms with E-state index in [-0.39, 0.29) is 21.6 Å². The van der Waals surface area contributed by atoms with Gasteiger partial charge in [-0.15, -0.1) is 11.3 Å². The molecule has 1 N–H and O–H groups in total. The Balaban J connectivity index is 1.85. The van der Waals surface area contributed by atoms with Crippen molar-refractivity contribution in [2.45, 2.75) is 36.0 Å². The Morgan fingerprint density at radius 3 is 2.54 bits per heavy atom. The third kappa shape index (κ3) is 3.26. The molecule has 144 valence electrons. The fourth-order valence-corrected chi connectivity index (χ4v) is 6.55. The van der Waals surface area contributed by atoms with Gasteiger partial charge in [-0.25, -0.2) is 8.42 Å². The van der Waals surface area contributed by atoms with Crippen molar-refractivity contribution >= 4 is 44.4 Å². The molecule has 1 aliphatic heterocycles. The van der Waals surface area contributed by atoms with Crippen molar-refractivity contribution in [3.05, 3.63) is 74.4 Å². The molecule has 0 aliphatic carbocycles. The van der Waals surface area contributed by atoms with E-state index < -0.39 is 9.84 Å². The van der Waals surface area contributed by atoms with E-state index in [1.54, 1.807) is 17.5 Å². The Morgan fingerprint density at radius 1 is 1.11 bits per heavy atom. The highest BCUT2D eigenvalue weighted by Crippen LogP contribution is 2.46. The Hall–Kier alpha value is -2.15. The summed E-state index contributed by atoms with van der Waals surface area (Å²) < 4.78 is 26.3. The number of carbonyl (C=O) groups is 1. The molecule has 2 heterocycles. The molecule has 0 saturated carbocycles. The van der Waals surface area contributed by atoms with Crippen LogP contribution in [0.1, 0.15) is 33.9 Å². The number of aryl methyl sites for hydroxylation is 2. The first-order valence-electron chi connectivity index (χ1n) is 8.76. The van der Waals surface area contributed by atoms with Gasteiger partial charge in [-0.1, -0.05) is 35.4 Å². The molecule has 0 radical (unpaired) electrons. The first kappa shape index (κ1) is 19.2. The first-order valence-corrected chi connectivity index (χ1v) is 11.5. The lowest BCUT2D eigenvalue weighted by Crippen LogP contribution is -2.24. The van der Waals surface area contributed by atoms with Gasteiger partial charge in [-0.2, -0.15) is 0 Å². The number of fused-ring (bicyclic) bond motifs is 1. The van der Waals surface area contributed by atoms with Gasteiger partial charge in [0.2, 0.25) is 15.7 Å². The van der Waals surface area contributed by atoms with Gasteiger partial charge in [0.05, 0.1) is 10.6 Å². The average molecular weight is 432 g/mol. The minimum Gasteiger partial charge on any atom is -0.324 e. The van der Waals surface area contributed by atoms with E-state index in [2.05, 4.69) is 11.4 Å². The molecule has 0 bridgehead atoms. The Kier molecular flexibility index (Phi) is 4.81. The highest BCUT2D eigenvalue weighted by Gasteiger charge is 2.34. The van der Waals surface area contributed by atoms with Crippen molar-refractivity contribution in [1.29, 1.82) is 0 Å². The molecule has 1 aliphatic rings. The molecule has 28 heavy (non-hydrogen) atoms. The van der Waals surface area contributed by atoms with E-state index in [9.17, 15) is 13.2 Å². The van der Waals surface area contributed by atoms with Crippen LogP contribution >= 0.6 is 22.9 Å². The van der Waals surface area contributed by atoms with Crippen molar-refractivity contribution < 1.29 is 13.2 Å². The molecule has 1 aromatic heterocycles. The van der Waals surface area contributed by atoms with Gasteiger partial charge in [0.15, 0.2) is 0 Å². The van der Waals surface area contributed by atoms with Crippen molar-refractivity contribution in [1.82, 2.24) is 0 Å². The van der Waals surface area contributed by atoms with E-state index in [0.29, 0.717) is 17.1 Å². The number of anilines is 1. The molecular formula is C21H18ClNO3S2. The van der Waals surface area contributed by atoms with Crippen LogP contribution in [0.2, 0.25) is 5.02 Å². The summed E-state index contributed by atoms with van der Waals surface area (Å²) in [5, 5.41) is 4.89. The number of rotatable bonds is 3. The maximum Gasteiger partial charge on any atom is 0.225 e. The van der Waals surface area contributed by atoms with Gasteiger partial charge in [0.1, 0.15) is 4.90 Å². The summed E-state index contributed by atoms with van der Waals surface area (Å²) in [6.45, 7) is 4.03. The van der Waals surface area contributed by atoms with Crippen LogP contribution in [0.3, 0.4) is 0 Å². The second kappa shape index (κ2) is 7.03. The molecule has 0 saturated heterocycles. The van der Waals surface area contributed by atoms with E-state index in [1.807, 2.05) is 26.0 Å². The second-order valence-corrected chi connectivity index (χ2v) is 10.2. The molecule has 1 amide bonds. The third-order valence-electron chi connectivity index (χ3n) is 4.98. The average Bonchev–Trinajstić information content (AvgIpc) is 3.08. The molecular weight excluding hydrogens is 414 g/mol. The molecule has 4 nitrogen and oxygen atoms in total. The normalized spacial score (nSPS) is 16.5. The molecule has 0 fully saturated rings. The van der Waals surface area contributed by atoms with Gasteiger partial charge in [-0.3, -0.25) is 4.79 Å². The third-order valence-corrected chi connectivity index (χ3v) is 8.27. The quantitative estimate of drug-likeness (QED) is 0.610. The van der Waals surface area contributed by atoms with Crippen molar-refractivity contribution in [3.8, 4) is 0 Å². The molecule has 2 aromatic carbocycles. The standard InChI is InChI=1S/C21H18ClNO3S2/c1-12-3-4-13(2)16(9-12)17-10-19(24)23-20-18(11-27-21(17)20)28(25,26)15-7-5-14(22)6-8-15/h3-9,11,17H,10H2,1-2H3,(H,23,24). The maximum absolute atomic E-state index is 13.2. The van der Waals surface area contributed by atoms with Crippen molar-refractivity contribution in [2.75, 3.05) is 5.32 Å². The van der Waals surface area contributed by atoms with Crippen molar-refractivity contribution in [2.24, 2.45) is 0 Å². The number of nitrogens with one attached hydrogen (secondary N) is 1. The lowest BCUT2D eigenvalue weighted by Gasteiger charge is -2.25. The summed E-state index contributed by atoms with van der Waals surface area (Å²) in [5.41, 5.74) is 3.67. The Labute approximate surface area is 173 Å². The van der Waals surface area contributed by atoms with Crippen LogP contribution in [0.25, 0.3) is 0 Å². The predicted octanol–water partition coefficient (Wildman–Crippen LogP) is 5.33. The van der Waals surface area contributed by atoms with Crippen LogP contribution in [0.15, 0.2) is 57.6 Å². The van der Waals surface area contributed by atoms with Crippen LogP contribution in [0.5, 0.6) is 0 Å². The number of hydrogen-bond acceptors (Lipinski definition) is 4. The lowest BCUT2D eigenvalue weighted by atomic mass is 9.87. The summed E-state index contributed by atoms with van der Waals surface area (Å²) in [7, 11) is -3.76. The SMILES string of the molecule is Cc1ccc(C)c(C2CC(=O)Nc3c(S(=O)(=O)c4ccc(Cl)cc4)csc32)c1. The Bertz CT molecular complexity index is 1180. The van der Waals surface area contributed by atoms with E-state index in [1.165, 1.54) is 23.5 Å². The zero-order valence-corrected chi connectivity index (χ0v) is 17.7. The highest BCUT2D eigenvalue weighted by molar-refractivity contribution is 7.91. The molecule has 0 spiro atoms. The number of thiophene rings is 1. The van der Waals surface area contributed by atoms with Crippen LogP contribution < -0.4 is 5.32 Å². The number of halogens is 1. The number of sulfone groups is 1. The first-order chi connectivity index (χ1) is 13.3. The summed E-state index contributed by atoms with van der Waals surface area (Å²) >= 11 is 7.26. The van der Waals surface area contributed by atoms with Gasteiger partial charge in [0.25, 0.3) is 0 Å². The largest absolute Gasteiger partial charge is 0.324 e.